The minimum absolute atomic E-state index is 0.0230. The van der Waals surface area contributed by atoms with Crippen molar-refractivity contribution in [2.45, 2.75) is 18.9 Å². The number of halogens is 1. The van der Waals surface area contributed by atoms with Gasteiger partial charge in [0, 0.05) is 48.5 Å². The number of fused-ring (bicyclic) bond motifs is 1. The highest BCUT2D eigenvalue weighted by atomic mass is 19.1. The van der Waals surface area contributed by atoms with Crippen LogP contribution in [-0.4, -0.2) is 40.0 Å². The smallest absolute Gasteiger partial charge is 0.251 e. The van der Waals surface area contributed by atoms with Crippen molar-refractivity contribution in [2.75, 3.05) is 18.0 Å². The number of piperidine rings is 1. The van der Waals surface area contributed by atoms with E-state index in [2.05, 4.69) is 25.2 Å². The van der Waals surface area contributed by atoms with Gasteiger partial charge >= 0.3 is 0 Å². The highest BCUT2D eigenvalue weighted by Gasteiger charge is 2.24. The normalized spacial score (nSPS) is 17.3. The Balaban J connectivity index is 1.53. The van der Waals surface area contributed by atoms with E-state index in [1.165, 1.54) is 18.5 Å². The van der Waals surface area contributed by atoms with Crippen molar-refractivity contribution in [2.24, 2.45) is 0 Å². The van der Waals surface area contributed by atoms with Crippen LogP contribution < -0.4 is 10.2 Å². The van der Waals surface area contributed by atoms with Crippen LogP contribution in [0.1, 0.15) is 23.2 Å². The van der Waals surface area contributed by atoms with Gasteiger partial charge in [-0.25, -0.2) is 14.4 Å². The van der Waals surface area contributed by atoms with Gasteiger partial charge in [-0.1, -0.05) is 0 Å². The summed E-state index contributed by atoms with van der Waals surface area (Å²) >= 11 is 0. The van der Waals surface area contributed by atoms with Crippen LogP contribution in [0.2, 0.25) is 0 Å². The minimum atomic E-state index is -0.316. The molecule has 4 rings (SSSR count). The van der Waals surface area contributed by atoms with Crippen molar-refractivity contribution < 1.29 is 9.18 Å². The Labute approximate surface area is 150 Å². The number of nitrogens with zero attached hydrogens (tertiary/aromatic N) is 4. The number of rotatable bonds is 3. The molecular weight excluding hydrogens is 333 g/mol. The summed E-state index contributed by atoms with van der Waals surface area (Å²) in [6.07, 6.45) is 6.51. The zero-order valence-electron chi connectivity index (χ0n) is 14.1. The second kappa shape index (κ2) is 7.03. The van der Waals surface area contributed by atoms with Gasteiger partial charge in [-0.3, -0.25) is 9.78 Å². The molecule has 0 aliphatic carbocycles. The van der Waals surface area contributed by atoms with Gasteiger partial charge in [0.25, 0.3) is 5.91 Å². The molecule has 1 fully saturated rings. The number of pyridine rings is 1. The molecule has 3 aromatic rings. The number of anilines is 1. The van der Waals surface area contributed by atoms with Crippen molar-refractivity contribution in [3.63, 3.8) is 0 Å². The monoisotopic (exact) mass is 351 g/mol. The van der Waals surface area contributed by atoms with Crippen LogP contribution in [-0.2, 0) is 0 Å². The largest absolute Gasteiger partial charge is 0.354 e. The van der Waals surface area contributed by atoms with Gasteiger partial charge in [-0.15, -0.1) is 0 Å². The highest BCUT2D eigenvalue weighted by molar-refractivity contribution is 5.94. The summed E-state index contributed by atoms with van der Waals surface area (Å²) in [5.74, 6) is 0.356. The zero-order chi connectivity index (χ0) is 17.9. The van der Waals surface area contributed by atoms with E-state index >= 15 is 0 Å². The van der Waals surface area contributed by atoms with Gasteiger partial charge in [-0.2, -0.15) is 0 Å². The minimum Gasteiger partial charge on any atom is -0.354 e. The molecule has 0 spiro atoms. The molecule has 1 aromatic carbocycles. The number of benzene rings is 1. The summed E-state index contributed by atoms with van der Waals surface area (Å²) in [4.78, 5) is 27.0. The maximum atomic E-state index is 13.5. The summed E-state index contributed by atoms with van der Waals surface area (Å²) in [6.45, 7) is 1.49. The Morgan fingerprint density at radius 2 is 2.04 bits per heavy atom. The Morgan fingerprint density at radius 1 is 1.19 bits per heavy atom. The highest BCUT2D eigenvalue weighted by Crippen LogP contribution is 2.26. The Morgan fingerprint density at radius 3 is 2.88 bits per heavy atom. The molecule has 0 bridgehead atoms. The molecule has 1 aliphatic rings. The number of aromatic nitrogens is 3. The number of carbonyl (C=O) groups is 1. The molecule has 132 valence electrons. The van der Waals surface area contributed by atoms with Gasteiger partial charge in [0.1, 0.15) is 18.0 Å². The molecule has 3 heterocycles. The van der Waals surface area contributed by atoms with Gasteiger partial charge < -0.3 is 10.2 Å². The third kappa shape index (κ3) is 3.33. The van der Waals surface area contributed by atoms with E-state index in [1.54, 1.807) is 30.6 Å². The molecule has 2 aromatic heterocycles. The first kappa shape index (κ1) is 16.4. The van der Waals surface area contributed by atoms with Gasteiger partial charge in [-0.05, 0) is 37.1 Å². The van der Waals surface area contributed by atoms with Gasteiger partial charge in [0.05, 0.1) is 5.52 Å². The lowest BCUT2D eigenvalue weighted by Gasteiger charge is -2.34. The topological polar surface area (TPSA) is 71.0 Å². The van der Waals surface area contributed by atoms with Crippen LogP contribution in [0.25, 0.3) is 10.9 Å². The fourth-order valence-corrected chi connectivity index (χ4v) is 3.33. The molecule has 6 nitrogen and oxygen atoms in total. The second-order valence-electron chi connectivity index (χ2n) is 6.35. The fourth-order valence-electron chi connectivity index (χ4n) is 3.33. The lowest BCUT2D eigenvalue weighted by Crippen LogP contribution is -2.48. The van der Waals surface area contributed by atoms with E-state index in [0.717, 1.165) is 30.6 Å². The van der Waals surface area contributed by atoms with Crippen molar-refractivity contribution in [3.8, 4) is 0 Å². The van der Waals surface area contributed by atoms with Crippen LogP contribution in [0.5, 0.6) is 0 Å². The molecule has 7 heteroatoms. The fraction of sp³-hybridized carbons (Fsp3) is 0.263. The van der Waals surface area contributed by atoms with E-state index in [0.29, 0.717) is 17.6 Å². The number of hydrogen-bond acceptors (Lipinski definition) is 5. The lowest BCUT2D eigenvalue weighted by molar-refractivity contribution is 0.0933. The molecule has 1 amide bonds. The third-order valence-electron chi connectivity index (χ3n) is 4.58. The average Bonchev–Trinajstić information content (AvgIpc) is 2.68. The van der Waals surface area contributed by atoms with Crippen molar-refractivity contribution >= 4 is 22.6 Å². The molecule has 26 heavy (non-hydrogen) atoms. The lowest BCUT2D eigenvalue weighted by atomic mass is 10.0. The summed E-state index contributed by atoms with van der Waals surface area (Å²) in [5, 5.41) is 3.90. The Kier molecular flexibility index (Phi) is 4.43. The molecule has 1 atom stereocenters. The molecule has 1 aliphatic heterocycles. The van der Waals surface area contributed by atoms with Crippen molar-refractivity contribution in [3.05, 3.63) is 60.4 Å². The maximum absolute atomic E-state index is 13.5. The first-order valence-electron chi connectivity index (χ1n) is 8.57. The van der Waals surface area contributed by atoms with Gasteiger partial charge in [0.2, 0.25) is 0 Å². The predicted molar refractivity (Wildman–Crippen MR) is 96.4 cm³/mol. The molecular formula is C19H18FN5O. The summed E-state index contributed by atoms with van der Waals surface area (Å²) in [6, 6.07) is 7.95. The maximum Gasteiger partial charge on any atom is 0.251 e. The number of nitrogens with one attached hydrogen (secondary N) is 1. The average molecular weight is 351 g/mol. The first-order valence-corrected chi connectivity index (χ1v) is 8.57. The van der Waals surface area contributed by atoms with Gasteiger partial charge in [0.15, 0.2) is 0 Å². The summed E-state index contributed by atoms with van der Waals surface area (Å²) in [7, 11) is 0. The zero-order valence-corrected chi connectivity index (χ0v) is 14.1. The molecule has 1 N–H and O–H groups in total. The molecule has 0 radical (unpaired) electrons. The standard InChI is InChI=1S/C19H18FN5O/c20-14-3-4-16-17(10-14)22-12-23-18(16)25-9-1-2-15(11-25)24-19(26)13-5-7-21-8-6-13/h3-8,10,12,15H,1-2,9,11H2,(H,24,26). The first-order chi connectivity index (χ1) is 12.7. The second-order valence-corrected chi connectivity index (χ2v) is 6.35. The van der Waals surface area contributed by atoms with E-state index in [9.17, 15) is 9.18 Å². The molecule has 0 saturated carbocycles. The number of carbonyl (C=O) groups excluding carboxylic acids is 1. The van der Waals surface area contributed by atoms with E-state index in [4.69, 9.17) is 0 Å². The Hall–Kier alpha value is -3.09. The Bertz CT molecular complexity index is 934. The van der Waals surface area contributed by atoms with Crippen LogP contribution in [0.3, 0.4) is 0 Å². The van der Waals surface area contributed by atoms with E-state index in [-0.39, 0.29) is 17.8 Å². The van der Waals surface area contributed by atoms with Crippen LogP contribution >= 0.6 is 0 Å². The van der Waals surface area contributed by atoms with E-state index in [1.807, 2.05) is 0 Å². The van der Waals surface area contributed by atoms with Crippen LogP contribution in [0.15, 0.2) is 49.1 Å². The van der Waals surface area contributed by atoms with Crippen LogP contribution in [0, 0.1) is 5.82 Å². The third-order valence-corrected chi connectivity index (χ3v) is 4.58. The van der Waals surface area contributed by atoms with E-state index < -0.39 is 0 Å². The SMILES string of the molecule is O=C(NC1CCCN(c2ncnc3cc(F)ccc23)C1)c1ccncc1. The summed E-state index contributed by atoms with van der Waals surface area (Å²) in [5.41, 5.74) is 1.18. The molecule has 1 saturated heterocycles. The van der Waals surface area contributed by atoms with Crippen LogP contribution in [0.4, 0.5) is 10.2 Å². The number of hydrogen-bond donors (Lipinski definition) is 1. The summed E-state index contributed by atoms with van der Waals surface area (Å²) < 4.78 is 13.5. The molecule has 1 unspecified atom stereocenters. The van der Waals surface area contributed by atoms with Crippen molar-refractivity contribution in [1.29, 1.82) is 0 Å². The number of amides is 1. The van der Waals surface area contributed by atoms with Crippen molar-refractivity contribution in [1.82, 2.24) is 20.3 Å². The predicted octanol–water partition coefficient (Wildman–Crippen LogP) is 2.56. The quantitative estimate of drug-likeness (QED) is 0.785.